The van der Waals surface area contributed by atoms with Gasteiger partial charge in [0.05, 0.1) is 5.69 Å². The molecule has 2 heterocycles. The average molecular weight is 279 g/mol. The van der Waals surface area contributed by atoms with Gasteiger partial charge in [0.25, 0.3) is 0 Å². The predicted octanol–water partition coefficient (Wildman–Crippen LogP) is 3.31. The van der Waals surface area contributed by atoms with E-state index in [1.807, 2.05) is 22.9 Å². The van der Waals surface area contributed by atoms with Crippen molar-refractivity contribution in [3.63, 3.8) is 0 Å². The number of nitrogens with zero attached hydrogens (tertiary/aromatic N) is 2. The summed E-state index contributed by atoms with van der Waals surface area (Å²) in [5, 5.41) is 8.02. The van der Waals surface area contributed by atoms with Gasteiger partial charge in [0.15, 0.2) is 0 Å². The smallest absolute Gasteiger partial charge is 0.117 e. The highest BCUT2D eigenvalue weighted by atomic mass is 32.1. The summed E-state index contributed by atoms with van der Waals surface area (Å²) in [5.41, 5.74) is 1.23. The molecule has 0 spiro atoms. The highest BCUT2D eigenvalue weighted by Gasteiger charge is 2.29. The van der Waals surface area contributed by atoms with Crippen LogP contribution >= 0.6 is 22.7 Å². The van der Waals surface area contributed by atoms with E-state index < -0.39 is 0 Å². The van der Waals surface area contributed by atoms with Crippen LogP contribution in [0.1, 0.15) is 46.4 Å². The molecule has 1 N–H and O–H groups in total. The predicted molar refractivity (Wildman–Crippen MR) is 76.3 cm³/mol. The van der Waals surface area contributed by atoms with E-state index in [0.717, 1.165) is 11.4 Å². The van der Waals surface area contributed by atoms with Crippen molar-refractivity contribution < 1.29 is 0 Å². The number of rotatable bonds is 5. The lowest BCUT2D eigenvalue weighted by Gasteiger charge is -2.13. The summed E-state index contributed by atoms with van der Waals surface area (Å²) in [7, 11) is 0. The molecule has 5 heteroatoms. The summed E-state index contributed by atoms with van der Waals surface area (Å²) >= 11 is 3.52. The van der Waals surface area contributed by atoms with Gasteiger partial charge in [-0.15, -0.1) is 22.7 Å². The second kappa shape index (κ2) is 5.07. The molecule has 1 aliphatic rings. The Hall–Kier alpha value is -0.780. The van der Waals surface area contributed by atoms with Gasteiger partial charge in [0.2, 0.25) is 0 Å². The molecular weight excluding hydrogens is 262 g/mol. The quantitative estimate of drug-likeness (QED) is 0.912. The molecule has 0 radical (unpaired) electrons. The van der Waals surface area contributed by atoms with Crippen molar-refractivity contribution >= 4 is 22.7 Å². The van der Waals surface area contributed by atoms with Gasteiger partial charge in [-0.3, -0.25) is 5.32 Å². The molecule has 0 aromatic carbocycles. The first-order valence-electron chi connectivity index (χ1n) is 6.39. The van der Waals surface area contributed by atoms with Crippen molar-refractivity contribution in [2.24, 2.45) is 0 Å². The maximum absolute atomic E-state index is 4.79. The van der Waals surface area contributed by atoms with Gasteiger partial charge in [-0.2, -0.15) is 0 Å². The molecular formula is C13H17N3S2. The van der Waals surface area contributed by atoms with Crippen molar-refractivity contribution in [3.05, 3.63) is 32.2 Å². The van der Waals surface area contributed by atoms with E-state index in [0.29, 0.717) is 6.04 Å². The van der Waals surface area contributed by atoms with Crippen LogP contribution in [-0.4, -0.2) is 16.0 Å². The largest absolute Gasteiger partial charge is 0.299 e. The molecule has 0 saturated heterocycles. The Labute approximate surface area is 115 Å². The van der Waals surface area contributed by atoms with Crippen LogP contribution in [0.3, 0.4) is 0 Å². The summed E-state index contributed by atoms with van der Waals surface area (Å²) in [6, 6.07) is 0.856. The highest BCUT2D eigenvalue weighted by molar-refractivity contribution is 7.12. The van der Waals surface area contributed by atoms with E-state index in [9.17, 15) is 0 Å². The summed E-state index contributed by atoms with van der Waals surface area (Å²) < 4.78 is 0. The van der Waals surface area contributed by atoms with E-state index in [-0.39, 0.29) is 6.04 Å². The minimum absolute atomic E-state index is 0.196. The fourth-order valence-corrected chi connectivity index (χ4v) is 3.86. The second-order valence-corrected chi connectivity index (χ2v) is 6.81. The van der Waals surface area contributed by atoms with Crippen LogP contribution in [0, 0.1) is 6.92 Å². The van der Waals surface area contributed by atoms with Gasteiger partial charge in [-0.25, -0.2) is 9.97 Å². The van der Waals surface area contributed by atoms with Crippen LogP contribution in [0.25, 0.3) is 0 Å². The topological polar surface area (TPSA) is 37.8 Å². The number of aryl methyl sites for hydroxylation is 2. The molecule has 3 rings (SSSR count). The molecule has 1 fully saturated rings. The van der Waals surface area contributed by atoms with E-state index in [4.69, 9.17) is 4.98 Å². The van der Waals surface area contributed by atoms with Crippen LogP contribution in [-0.2, 0) is 6.42 Å². The molecule has 18 heavy (non-hydrogen) atoms. The maximum atomic E-state index is 4.79. The van der Waals surface area contributed by atoms with E-state index in [1.165, 1.54) is 28.4 Å². The van der Waals surface area contributed by atoms with Gasteiger partial charge in [-0.05, 0) is 26.2 Å². The molecule has 1 unspecified atom stereocenters. The number of hydrogen-bond acceptors (Lipinski definition) is 5. The van der Waals surface area contributed by atoms with E-state index >= 15 is 0 Å². The lowest BCUT2D eigenvalue weighted by atomic mass is 10.3. The molecule has 0 aliphatic heterocycles. The fourth-order valence-electron chi connectivity index (χ4n) is 2.01. The first-order chi connectivity index (χ1) is 8.78. The summed E-state index contributed by atoms with van der Waals surface area (Å²) in [6.07, 6.45) is 5.46. The van der Waals surface area contributed by atoms with E-state index in [1.54, 1.807) is 11.3 Å². The number of thiazole rings is 2. The summed E-state index contributed by atoms with van der Waals surface area (Å²) in [5.74, 6) is 0. The Kier molecular flexibility index (Phi) is 3.46. The van der Waals surface area contributed by atoms with Crippen LogP contribution in [0.5, 0.6) is 0 Å². The van der Waals surface area contributed by atoms with Gasteiger partial charge in [-0.1, -0.05) is 6.92 Å². The van der Waals surface area contributed by atoms with Crippen molar-refractivity contribution in [1.82, 2.24) is 15.3 Å². The maximum Gasteiger partial charge on any atom is 0.117 e. The zero-order valence-corrected chi connectivity index (χ0v) is 12.3. The lowest BCUT2D eigenvalue weighted by Crippen LogP contribution is -2.24. The molecule has 2 aromatic heterocycles. The van der Waals surface area contributed by atoms with Crippen molar-refractivity contribution in [2.45, 2.75) is 45.2 Å². The van der Waals surface area contributed by atoms with Crippen LogP contribution in [0.4, 0.5) is 0 Å². The van der Waals surface area contributed by atoms with Crippen molar-refractivity contribution in [1.29, 1.82) is 0 Å². The first-order valence-corrected chi connectivity index (χ1v) is 8.09. The Morgan fingerprint density at radius 1 is 1.44 bits per heavy atom. The average Bonchev–Trinajstić information content (AvgIpc) is 2.90. The molecule has 0 amide bonds. The van der Waals surface area contributed by atoms with Gasteiger partial charge >= 0.3 is 0 Å². The summed E-state index contributed by atoms with van der Waals surface area (Å²) in [6.45, 7) is 4.33. The molecule has 2 aromatic rings. The first kappa shape index (κ1) is 12.3. The van der Waals surface area contributed by atoms with Crippen LogP contribution < -0.4 is 5.32 Å². The van der Waals surface area contributed by atoms with E-state index in [2.05, 4.69) is 24.1 Å². The molecule has 3 nitrogen and oxygen atoms in total. The number of aromatic nitrogens is 2. The van der Waals surface area contributed by atoms with Gasteiger partial charge in [0, 0.05) is 22.5 Å². The third kappa shape index (κ3) is 2.48. The van der Waals surface area contributed by atoms with Crippen molar-refractivity contribution in [3.8, 4) is 0 Å². The molecule has 96 valence electrons. The fraction of sp³-hybridized carbons (Fsp3) is 0.538. The zero-order valence-electron chi connectivity index (χ0n) is 10.6. The number of hydrogen-bond donors (Lipinski definition) is 1. The Morgan fingerprint density at radius 3 is 2.83 bits per heavy atom. The normalized spacial score (nSPS) is 17.0. The minimum Gasteiger partial charge on any atom is -0.299 e. The summed E-state index contributed by atoms with van der Waals surface area (Å²) in [4.78, 5) is 10.6. The highest BCUT2D eigenvalue weighted by Crippen LogP contribution is 2.33. The second-order valence-electron chi connectivity index (χ2n) is 4.65. The third-order valence-corrected chi connectivity index (χ3v) is 5.09. The van der Waals surface area contributed by atoms with Crippen LogP contribution in [0.2, 0.25) is 0 Å². The zero-order chi connectivity index (χ0) is 12.5. The molecule has 1 saturated carbocycles. The van der Waals surface area contributed by atoms with Gasteiger partial charge < -0.3 is 0 Å². The van der Waals surface area contributed by atoms with Crippen molar-refractivity contribution in [2.75, 3.05) is 0 Å². The monoisotopic (exact) mass is 279 g/mol. The lowest BCUT2D eigenvalue weighted by molar-refractivity contribution is 0.594. The van der Waals surface area contributed by atoms with Gasteiger partial charge in [0.1, 0.15) is 16.1 Å². The SMILES string of the molecule is CCc1nc(C(NC2CC2)c2nccs2)sc1C. The molecule has 0 bridgehead atoms. The number of nitrogens with one attached hydrogen (secondary N) is 1. The minimum atomic E-state index is 0.196. The third-order valence-electron chi connectivity index (χ3n) is 3.17. The standard InChI is InChI=1S/C13H17N3S2/c1-3-10-8(2)18-13(16-10)11(15-9-4-5-9)12-14-6-7-17-12/h6-7,9,11,15H,3-5H2,1-2H3. The Morgan fingerprint density at radius 2 is 2.28 bits per heavy atom. The van der Waals surface area contributed by atoms with Crippen LogP contribution in [0.15, 0.2) is 11.6 Å². The Balaban J connectivity index is 1.91. The molecule has 1 aliphatic carbocycles. The molecule has 1 atom stereocenters. The Bertz CT molecular complexity index is 514.